The number of aromatic nitrogens is 1. The van der Waals surface area contributed by atoms with Gasteiger partial charge in [0.1, 0.15) is 5.60 Å². The molecule has 0 bridgehead atoms. The number of anilines is 1. The zero-order chi connectivity index (χ0) is 16.3. The molecule has 0 aliphatic carbocycles. The summed E-state index contributed by atoms with van der Waals surface area (Å²) < 4.78 is 5.49. The van der Waals surface area contributed by atoms with Gasteiger partial charge >= 0.3 is 5.97 Å². The van der Waals surface area contributed by atoms with Gasteiger partial charge in [0, 0.05) is 62.1 Å². The number of carbonyl (C=O) groups excluding carboxylic acids is 1. The van der Waals surface area contributed by atoms with Crippen molar-refractivity contribution in [3.05, 3.63) is 42.9 Å². The molecular formula is C18H23HoN2O2-. The Hall–Kier alpha value is -0.840. The van der Waals surface area contributed by atoms with E-state index in [0.29, 0.717) is 5.56 Å². The Morgan fingerprint density at radius 3 is 2.61 bits per heavy atom. The number of nitrogens with zero attached hydrogens (tertiary/aromatic N) is 2. The van der Waals surface area contributed by atoms with Crippen molar-refractivity contribution in [2.24, 2.45) is 0 Å². The molecule has 0 fully saturated rings. The fraction of sp³-hybridized carbons (Fsp3) is 0.389. The van der Waals surface area contributed by atoms with Gasteiger partial charge in [0.2, 0.25) is 0 Å². The van der Waals surface area contributed by atoms with Crippen molar-refractivity contribution in [3.63, 3.8) is 0 Å². The van der Waals surface area contributed by atoms with Crippen LogP contribution in [0.25, 0.3) is 10.9 Å². The van der Waals surface area contributed by atoms with Crippen LogP contribution in [0.4, 0.5) is 5.69 Å². The molecule has 0 unspecified atom stereocenters. The minimum absolute atomic E-state index is 0. The molecule has 0 saturated heterocycles. The first-order valence-corrected chi connectivity index (χ1v) is 7.44. The van der Waals surface area contributed by atoms with E-state index >= 15 is 0 Å². The fourth-order valence-electron chi connectivity index (χ4n) is 2.25. The van der Waals surface area contributed by atoms with Gasteiger partial charge in [-0.1, -0.05) is 0 Å². The number of fused-ring (bicyclic) bond motifs is 1. The molecule has 0 atom stereocenters. The standard InChI is InChI=1S/C18H23N2O2.Ho/c1-6-11-20(5)13-7-8-16-15(12-13)14(9-10-19-16)17(21)22-18(2,3)4;/h7-10,12H,1,6,11H2,2-5H3;/q-1;. The number of rotatable bonds is 4. The van der Waals surface area contributed by atoms with Crippen molar-refractivity contribution >= 4 is 22.6 Å². The van der Waals surface area contributed by atoms with Crippen LogP contribution < -0.4 is 4.90 Å². The van der Waals surface area contributed by atoms with Crippen molar-refractivity contribution in [2.45, 2.75) is 32.8 Å². The molecule has 129 valence electrons. The Morgan fingerprint density at radius 1 is 1.30 bits per heavy atom. The van der Waals surface area contributed by atoms with Crippen LogP contribution in [0.15, 0.2) is 30.5 Å². The summed E-state index contributed by atoms with van der Waals surface area (Å²) in [5, 5.41) is 0.810. The topological polar surface area (TPSA) is 42.4 Å². The van der Waals surface area contributed by atoms with Gasteiger partial charge in [-0.3, -0.25) is 4.98 Å². The first-order valence-electron chi connectivity index (χ1n) is 7.44. The van der Waals surface area contributed by atoms with Gasteiger partial charge in [-0.25, -0.2) is 4.79 Å². The van der Waals surface area contributed by atoms with E-state index in [1.54, 1.807) is 12.3 Å². The second-order valence-corrected chi connectivity index (χ2v) is 6.34. The third-order valence-electron chi connectivity index (χ3n) is 3.28. The molecule has 0 saturated carbocycles. The van der Waals surface area contributed by atoms with Gasteiger partial charge in [0.25, 0.3) is 0 Å². The van der Waals surface area contributed by atoms with Crippen molar-refractivity contribution in [1.82, 2.24) is 4.98 Å². The molecule has 0 amide bonds. The Bertz CT molecular complexity index is 680. The van der Waals surface area contributed by atoms with Crippen LogP contribution in [-0.4, -0.2) is 30.1 Å². The summed E-state index contributed by atoms with van der Waals surface area (Å²) in [5.74, 6) is -0.322. The van der Waals surface area contributed by atoms with E-state index in [1.807, 2.05) is 46.0 Å². The molecule has 1 radical (unpaired) electrons. The molecule has 2 rings (SSSR count). The minimum atomic E-state index is -0.519. The number of carbonyl (C=O) groups is 1. The van der Waals surface area contributed by atoms with Crippen LogP contribution in [0.1, 0.15) is 37.6 Å². The zero-order valence-electron chi connectivity index (χ0n) is 14.0. The number of pyridine rings is 1. The van der Waals surface area contributed by atoms with E-state index in [4.69, 9.17) is 4.74 Å². The molecule has 0 N–H and O–H groups in total. The van der Waals surface area contributed by atoms with Crippen molar-refractivity contribution < 1.29 is 47.3 Å². The molecule has 2 aromatic rings. The Morgan fingerprint density at radius 2 is 2.00 bits per heavy atom. The molecule has 1 aromatic carbocycles. The van der Waals surface area contributed by atoms with E-state index in [0.717, 1.165) is 29.6 Å². The molecule has 23 heavy (non-hydrogen) atoms. The first kappa shape index (κ1) is 20.2. The van der Waals surface area contributed by atoms with Crippen LogP contribution in [0.3, 0.4) is 0 Å². The summed E-state index contributed by atoms with van der Waals surface area (Å²) in [6.07, 6.45) is 2.46. The second kappa shape index (κ2) is 8.31. The summed E-state index contributed by atoms with van der Waals surface area (Å²) >= 11 is 0. The summed E-state index contributed by atoms with van der Waals surface area (Å²) in [5.41, 5.74) is 1.85. The van der Waals surface area contributed by atoms with Crippen LogP contribution in [-0.2, 0) is 4.74 Å². The smallest absolute Gasteiger partial charge is 0.339 e. The van der Waals surface area contributed by atoms with Crippen molar-refractivity contribution in [2.75, 3.05) is 18.5 Å². The van der Waals surface area contributed by atoms with E-state index < -0.39 is 5.60 Å². The molecule has 5 heteroatoms. The van der Waals surface area contributed by atoms with Gasteiger partial charge in [-0.15, -0.1) is 0 Å². The third-order valence-corrected chi connectivity index (χ3v) is 3.28. The summed E-state index contributed by atoms with van der Waals surface area (Å²) in [7, 11) is 2.01. The summed E-state index contributed by atoms with van der Waals surface area (Å²) in [6.45, 7) is 10.3. The third kappa shape index (κ3) is 5.33. The number of hydrogen-bond acceptors (Lipinski definition) is 4. The number of hydrogen-bond donors (Lipinski definition) is 0. The Kier molecular flexibility index (Phi) is 7.30. The predicted octanol–water partition coefficient (Wildman–Crippen LogP) is 3.85. The molecule has 1 aromatic heterocycles. The van der Waals surface area contributed by atoms with E-state index in [-0.39, 0.29) is 43.7 Å². The van der Waals surface area contributed by atoms with Gasteiger partial charge in [-0.2, -0.15) is 6.42 Å². The maximum absolute atomic E-state index is 12.4. The monoisotopic (exact) mass is 464 g/mol. The second-order valence-electron chi connectivity index (χ2n) is 6.34. The van der Waals surface area contributed by atoms with Crippen LogP contribution >= 0.6 is 0 Å². The molecule has 1 heterocycles. The van der Waals surface area contributed by atoms with Gasteiger partial charge in [0.05, 0.1) is 11.1 Å². The van der Waals surface area contributed by atoms with Crippen molar-refractivity contribution in [1.29, 1.82) is 0 Å². The Balaban J connectivity index is 0.00000264. The average molecular weight is 464 g/mol. The first-order chi connectivity index (χ1) is 10.3. The van der Waals surface area contributed by atoms with E-state index in [1.165, 1.54) is 0 Å². The number of ether oxygens (including phenoxy) is 1. The number of benzene rings is 1. The van der Waals surface area contributed by atoms with Gasteiger partial charge in [0.15, 0.2) is 0 Å². The predicted molar refractivity (Wildman–Crippen MR) is 90.2 cm³/mol. The van der Waals surface area contributed by atoms with E-state index in [2.05, 4.69) is 16.8 Å². The minimum Gasteiger partial charge on any atom is -0.456 e. The quantitative estimate of drug-likeness (QED) is 0.392. The molecule has 0 aliphatic heterocycles. The maximum atomic E-state index is 12.4. The molecule has 0 aliphatic rings. The molecular weight excluding hydrogens is 441 g/mol. The Labute approximate surface area is 168 Å². The van der Waals surface area contributed by atoms with Gasteiger partial charge in [-0.05, 0) is 51.6 Å². The van der Waals surface area contributed by atoms with Crippen LogP contribution in [0.2, 0.25) is 0 Å². The summed E-state index contributed by atoms with van der Waals surface area (Å²) in [4.78, 5) is 18.8. The maximum Gasteiger partial charge on any atom is 0.339 e. The fourth-order valence-corrected chi connectivity index (χ4v) is 2.25. The SMILES string of the molecule is [CH2-]CCN(C)c1ccc2nccc(C(=O)OC(C)(C)C)c2c1.[Ho]. The summed E-state index contributed by atoms with van der Waals surface area (Å²) in [6, 6.07) is 7.63. The van der Waals surface area contributed by atoms with Crippen molar-refractivity contribution in [3.8, 4) is 0 Å². The zero-order valence-corrected chi connectivity index (χ0v) is 16.0. The van der Waals surface area contributed by atoms with Crippen LogP contribution in [0.5, 0.6) is 0 Å². The van der Waals surface area contributed by atoms with Crippen LogP contribution in [0, 0.1) is 44.7 Å². The van der Waals surface area contributed by atoms with E-state index in [9.17, 15) is 4.79 Å². The largest absolute Gasteiger partial charge is 0.456 e. The molecule has 0 spiro atoms. The van der Waals surface area contributed by atoms with Gasteiger partial charge < -0.3 is 16.6 Å². The number of esters is 1. The normalized spacial score (nSPS) is 11.0. The molecule has 4 nitrogen and oxygen atoms in total. The average Bonchev–Trinajstić information content (AvgIpc) is 2.44.